The average Bonchev–Trinajstić information content (AvgIpc) is 2.28. The van der Waals surface area contributed by atoms with Gasteiger partial charge in [0.1, 0.15) is 18.2 Å². The average molecular weight is 245 g/mol. The van der Waals surface area contributed by atoms with E-state index < -0.39 is 5.97 Å². The summed E-state index contributed by atoms with van der Waals surface area (Å²) in [6.07, 6.45) is 0. The first-order valence-corrected chi connectivity index (χ1v) is 5.20. The van der Waals surface area contributed by atoms with Gasteiger partial charge in [0.2, 0.25) is 5.71 Å². The number of nitriles is 1. The number of rotatable bonds is 6. The normalized spacial score (nSPS) is 11.8. The Morgan fingerprint density at radius 2 is 2.31 bits per heavy atom. The van der Waals surface area contributed by atoms with Crippen molar-refractivity contribution in [1.29, 1.82) is 5.26 Å². The molecule has 1 N–H and O–H groups in total. The summed E-state index contributed by atoms with van der Waals surface area (Å²) in [5.41, 5.74) is -0.332. The molecule has 0 amide bonds. The van der Waals surface area contributed by atoms with E-state index in [1.165, 1.54) is 7.11 Å². The minimum absolute atomic E-state index is 0.00794. The van der Waals surface area contributed by atoms with Crippen molar-refractivity contribution in [2.24, 2.45) is 10.3 Å². The zero-order chi connectivity index (χ0) is 12.4. The second kappa shape index (κ2) is 8.55. The number of thioether (sulfide) groups is 1. The summed E-state index contributed by atoms with van der Waals surface area (Å²) in [7, 11) is 1.24. The first kappa shape index (κ1) is 14.2. The van der Waals surface area contributed by atoms with E-state index in [2.05, 4.69) is 19.9 Å². The van der Waals surface area contributed by atoms with Gasteiger partial charge in [-0.2, -0.15) is 5.26 Å². The quantitative estimate of drug-likeness (QED) is 0.241. The van der Waals surface area contributed by atoms with Crippen LogP contribution < -0.4 is 0 Å². The SMILES string of the molecule is CCOC(=O)C(=N\OC)/C(CSC#N)=N/O. The zero-order valence-corrected chi connectivity index (χ0v) is 9.65. The second-order valence-corrected chi connectivity index (χ2v) is 3.03. The molecule has 0 spiro atoms. The van der Waals surface area contributed by atoms with Crippen molar-refractivity contribution in [3.63, 3.8) is 0 Å². The lowest BCUT2D eigenvalue weighted by atomic mass is 10.2. The van der Waals surface area contributed by atoms with Crippen LogP contribution in [-0.4, -0.2) is 42.1 Å². The van der Waals surface area contributed by atoms with Crippen molar-refractivity contribution in [1.82, 2.24) is 0 Å². The van der Waals surface area contributed by atoms with Crippen LogP contribution in [0.3, 0.4) is 0 Å². The van der Waals surface area contributed by atoms with Crippen LogP contribution >= 0.6 is 11.8 Å². The Morgan fingerprint density at radius 1 is 1.62 bits per heavy atom. The molecule has 0 aliphatic rings. The lowest BCUT2D eigenvalue weighted by molar-refractivity contribution is -0.135. The largest absolute Gasteiger partial charge is 0.461 e. The van der Waals surface area contributed by atoms with E-state index in [0.717, 1.165) is 11.8 Å². The predicted octanol–water partition coefficient (Wildman–Crippen LogP) is 0.596. The number of hydrogen-bond donors (Lipinski definition) is 1. The Bertz CT molecular complexity index is 335. The van der Waals surface area contributed by atoms with Crippen LogP contribution in [-0.2, 0) is 14.4 Å². The molecule has 0 atom stereocenters. The lowest BCUT2D eigenvalue weighted by Crippen LogP contribution is -2.28. The van der Waals surface area contributed by atoms with E-state index in [0.29, 0.717) is 0 Å². The van der Waals surface area contributed by atoms with Crippen molar-refractivity contribution in [2.45, 2.75) is 6.92 Å². The van der Waals surface area contributed by atoms with Crippen molar-refractivity contribution >= 4 is 29.2 Å². The van der Waals surface area contributed by atoms with Gasteiger partial charge >= 0.3 is 5.97 Å². The lowest BCUT2D eigenvalue weighted by Gasteiger charge is -2.04. The van der Waals surface area contributed by atoms with Gasteiger partial charge in [-0.3, -0.25) is 0 Å². The Balaban J connectivity index is 4.83. The third-order valence-corrected chi connectivity index (χ3v) is 1.87. The number of nitrogens with zero attached hydrogens (tertiary/aromatic N) is 3. The number of ether oxygens (including phenoxy) is 1. The fraction of sp³-hybridized carbons (Fsp3) is 0.500. The van der Waals surface area contributed by atoms with Crippen LogP contribution in [0.15, 0.2) is 10.3 Å². The van der Waals surface area contributed by atoms with Crippen LogP contribution in [0.25, 0.3) is 0 Å². The summed E-state index contributed by atoms with van der Waals surface area (Å²) in [4.78, 5) is 15.8. The summed E-state index contributed by atoms with van der Waals surface area (Å²) in [6, 6.07) is 0. The van der Waals surface area contributed by atoms with E-state index >= 15 is 0 Å². The number of hydrogen-bond acceptors (Lipinski definition) is 8. The van der Waals surface area contributed by atoms with Gasteiger partial charge in [-0.1, -0.05) is 10.3 Å². The molecule has 16 heavy (non-hydrogen) atoms. The summed E-state index contributed by atoms with van der Waals surface area (Å²) >= 11 is 0.801. The number of oxime groups is 2. The Labute approximate surface area is 96.7 Å². The molecule has 0 radical (unpaired) electrons. The summed E-state index contributed by atoms with van der Waals surface area (Å²) < 4.78 is 4.69. The molecule has 0 aliphatic heterocycles. The van der Waals surface area contributed by atoms with E-state index in [1.54, 1.807) is 12.3 Å². The molecule has 0 bridgehead atoms. The van der Waals surface area contributed by atoms with Gasteiger partial charge in [0.05, 0.1) is 12.4 Å². The maximum Gasteiger partial charge on any atom is 0.362 e. The first-order chi connectivity index (χ1) is 7.71. The highest BCUT2D eigenvalue weighted by molar-refractivity contribution is 8.04. The molecule has 0 aromatic rings. The van der Waals surface area contributed by atoms with Crippen LogP contribution in [0.4, 0.5) is 0 Å². The molecule has 0 saturated carbocycles. The maximum absolute atomic E-state index is 11.4. The molecule has 0 rings (SSSR count). The molecular weight excluding hydrogens is 234 g/mol. The minimum Gasteiger partial charge on any atom is -0.461 e. The summed E-state index contributed by atoms with van der Waals surface area (Å²) in [6.45, 7) is 1.79. The number of thiocyanates is 1. The van der Waals surface area contributed by atoms with Crippen molar-refractivity contribution in [3.8, 4) is 5.40 Å². The minimum atomic E-state index is -0.768. The number of carbonyl (C=O) groups is 1. The van der Waals surface area contributed by atoms with Crippen molar-refractivity contribution in [2.75, 3.05) is 19.5 Å². The van der Waals surface area contributed by atoms with Crippen molar-refractivity contribution < 1.29 is 19.6 Å². The van der Waals surface area contributed by atoms with Crippen LogP contribution in [0.5, 0.6) is 0 Å². The standard InChI is InChI=1S/C8H11N3O4S/c1-3-15-8(12)7(11-14-2)6(10-13)4-16-5-9/h13H,3-4H2,1-2H3/b10-6+,11-7-. The van der Waals surface area contributed by atoms with Gasteiger partial charge < -0.3 is 14.8 Å². The number of carbonyl (C=O) groups excluding carboxylic acids is 1. The molecule has 0 heterocycles. The Morgan fingerprint density at radius 3 is 2.75 bits per heavy atom. The van der Waals surface area contributed by atoms with E-state index in [1.807, 2.05) is 0 Å². The van der Waals surface area contributed by atoms with Crippen LogP contribution in [0.1, 0.15) is 6.92 Å². The molecule has 8 heteroatoms. The second-order valence-electron chi connectivity index (χ2n) is 2.27. The van der Waals surface area contributed by atoms with Gasteiger partial charge in [0.25, 0.3) is 0 Å². The number of esters is 1. The molecule has 0 fully saturated rings. The molecule has 0 unspecified atom stereocenters. The molecule has 7 nitrogen and oxygen atoms in total. The van der Waals surface area contributed by atoms with E-state index in [4.69, 9.17) is 10.5 Å². The smallest absolute Gasteiger partial charge is 0.362 e. The molecule has 88 valence electrons. The Hall–Kier alpha value is -1.75. The van der Waals surface area contributed by atoms with Crippen molar-refractivity contribution in [3.05, 3.63) is 0 Å². The van der Waals surface area contributed by atoms with Crippen LogP contribution in [0, 0.1) is 10.7 Å². The third kappa shape index (κ3) is 4.65. The summed E-state index contributed by atoms with van der Waals surface area (Å²) in [5.74, 6) is -0.760. The summed E-state index contributed by atoms with van der Waals surface area (Å²) in [5, 5.41) is 25.1. The fourth-order valence-electron chi connectivity index (χ4n) is 0.744. The molecule has 0 aliphatic carbocycles. The van der Waals surface area contributed by atoms with Gasteiger partial charge in [0.15, 0.2) is 0 Å². The highest BCUT2D eigenvalue weighted by atomic mass is 32.2. The monoisotopic (exact) mass is 245 g/mol. The fourth-order valence-corrected chi connectivity index (χ4v) is 1.14. The molecule has 0 aromatic heterocycles. The topological polar surface area (TPSA) is 104 Å². The predicted molar refractivity (Wildman–Crippen MR) is 58.4 cm³/mol. The molecular formula is C8H11N3O4S. The van der Waals surface area contributed by atoms with Gasteiger partial charge in [-0.05, 0) is 18.7 Å². The highest BCUT2D eigenvalue weighted by Crippen LogP contribution is 2.01. The molecule has 0 aromatic carbocycles. The van der Waals surface area contributed by atoms with Gasteiger partial charge in [-0.25, -0.2) is 4.79 Å². The molecule has 0 saturated heterocycles. The maximum atomic E-state index is 11.4. The van der Waals surface area contributed by atoms with Gasteiger partial charge in [0, 0.05) is 0 Å². The van der Waals surface area contributed by atoms with Gasteiger partial charge in [-0.15, -0.1) is 0 Å². The Kier molecular flexibility index (Phi) is 7.61. The zero-order valence-electron chi connectivity index (χ0n) is 8.84. The third-order valence-electron chi connectivity index (χ3n) is 1.32. The highest BCUT2D eigenvalue weighted by Gasteiger charge is 2.21. The van der Waals surface area contributed by atoms with E-state index in [9.17, 15) is 4.79 Å². The van der Waals surface area contributed by atoms with Crippen LogP contribution in [0.2, 0.25) is 0 Å². The first-order valence-electron chi connectivity index (χ1n) is 4.21. The van der Waals surface area contributed by atoms with E-state index in [-0.39, 0.29) is 23.8 Å².